The van der Waals surface area contributed by atoms with Crippen LogP contribution in [0.25, 0.3) is 0 Å². The van der Waals surface area contributed by atoms with Crippen molar-refractivity contribution in [2.75, 3.05) is 26.2 Å². The highest BCUT2D eigenvalue weighted by atomic mass is 32.1. The first kappa shape index (κ1) is 17.2. The van der Waals surface area contributed by atoms with Crippen LogP contribution in [-0.2, 0) is 22.5 Å². The highest BCUT2D eigenvalue weighted by Crippen LogP contribution is 2.36. The van der Waals surface area contributed by atoms with Crippen LogP contribution in [0.5, 0.6) is 0 Å². The molecule has 1 aromatic carbocycles. The van der Waals surface area contributed by atoms with E-state index in [0.717, 1.165) is 56.2 Å². The van der Waals surface area contributed by atoms with Crippen LogP contribution < -0.4 is 0 Å². The molecule has 1 aromatic heterocycles. The molecule has 3 heterocycles. The van der Waals surface area contributed by atoms with E-state index >= 15 is 0 Å². The molecular formula is C20H26N2O2S. The Labute approximate surface area is 153 Å². The van der Waals surface area contributed by atoms with Crippen molar-refractivity contribution in [2.45, 2.75) is 44.5 Å². The predicted molar refractivity (Wildman–Crippen MR) is 99.9 cm³/mol. The lowest BCUT2D eigenvalue weighted by Gasteiger charge is -2.23. The Bertz CT molecular complexity index is 690. The van der Waals surface area contributed by atoms with Gasteiger partial charge >= 0.3 is 0 Å². The number of nitrogens with zero attached hydrogens (tertiary/aromatic N) is 2. The molecule has 0 saturated carbocycles. The van der Waals surface area contributed by atoms with Crippen molar-refractivity contribution in [3.05, 3.63) is 52.0 Å². The van der Waals surface area contributed by atoms with Crippen LogP contribution in [0.1, 0.15) is 29.1 Å². The summed E-state index contributed by atoms with van der Waals surface area (Å²) in [4.78, 5) is 7.01. The smallest absolute Gasteiger partial charge is 0.0901 e. The topological polar surface area (TPSA) is 34.6 Å². The molecule has 0 radical (unpaired) electrons. The van der Waals surface area contributed by atoms with E-state index in [1.54, 1.807) is 11.3 Å². The van der Waals surface area contributed by atoms with Crippen molar-refractivity contribution in [3.8, 4) is 0 Å². The lowest BCUT2D eigenvalue weighted by atomic mass is 9.98. The molecule has 2 saturated heterocycles. The van der Waals surface area contributed by atoms with Crippen LogP contribution in [-0.4, -0.2) is 47.8 Å². The average molecular weight is 359 g/mol. The van der Waals surface area contributed by atoms with Gasteiger partial charge in [0.2, 0.25) is 0 Å². The van der Waals surface area contributed by atoms with E-state index in [1.165, 1.54) is 5.56 Å². The largest absolute Gasteiger partial charge is 0.371 e. The van der Waals surface area contributed by atoms with Crippen LogP contribution in [0.15, 0.2) is 35.7 Å². The summed E-state index contributed by atoms with van der Waals surface area (Å²) in [6.45, 7) is 6.63. The molecule has 2 fully saturated rings. The van der Waals surface area contributed by atoms with Gasteiger partial charge in [0.25, 0.3) is 0 Å². The van der Waals surface area contributed by atoms with Crippen molar-refractivity contribution < 1.29 is 9.47 Å². The van der Waals surface area contributed by atoms with Crippen molar-refractivity contribution in [2.24, 2.45) is 0 Å². The van der Waals surface area contributed by atoms with E-state index in [0.29, 0.717) is 6.61 Å². The third-order valence-electron chi connectivity index (χ3n) is 5.26. The summed E-state index contributed by atoms with van der Waals surface area (Å²) in [5.74, 6) is 0. The molecule has 4 rings (SSSR count). The monoisotopic (exact) mass is 358 g/mol. The Hall–Kier alpha value is -1.27. The fraction of sp³-hybridized carbons (Fsp3) is 0.550. The van der Waals surface area contributed by atoms with Gasteiger partial charge in [0.15, 0.2) is 0 Å². The number of aromatic nitrogens is 1. The zero-order valence-electron chi connectivity index (χ0n) is 14.8. The fourth-order valence-electron chi connectivity index (χ4n) is 3.92. The van der Waals surface area contributed by atoms with Gasteiger partial charge in [-0.25, -0.2) is 4.98 Å². The quantitative estimate of drug-likeness (QED) is 0.792. The van der Waals surface area contributed by atoms with Crippen LogP contribution in [0, 0.1) is 6.92 Å². The van der Waals surface area contributed by atoms with Crippen molar-refractivity contribution in [1.82, 2.24) is 9.88 Å². The first-order valence-corrected chi connectivity index (χ1v) is 10.0. The van der Waals surface area contributed by atoms with Crippen LogP contribution in [0.3, 0.4) is 0 Å². The second-order valence-electron chi connectivity index (χ2n) is 7.25. The van der Waals surface area contributed by atoms with Gasteiger partial charge in [0, 0.05) is 31.4 Å². The van der Waals surface area contributed by atoms with Gasteiger partial charge in [-0.2, -0.15) is 0 Å². The van der Waals surface area contributed by atoms with E-state index in [1.807, 2.05) is 6.92 Å². The number of likely N-dealkylation sites (tertiary alicyclic amines) is 1. The molecule has 2 aliphatic rings. The zero-order chi connectivity index (χ0) is 17.1. The maximum absolute atomic E-state index is 6.21. The lowest BCUT2D eigenvalue weighted by Crippen LogP contribution is -2.33. The maximum atomic E-state index is 6.21. The van der Waals surface area contributed by atoms with Crippen LogP contribution >= 0.6 is 11.3 Å². The molecule has 1 spiro atoms. The minimum atomic E-state index is 0.0132. The van der Waals surface area contributed by atoms with E-state index in [9.17, 15) is 0 Å². The molecule has 5 heteroatoms. The first-order valence-electron chi connectivity index (χ1n) is 9.14. The standard InChI is InChI=1S/C20H26N2O2S/c1-16-21-18(14-25-16)12-23-19-11-20(24-13-19)8-10-22(15-20)9-7-17-5-3-2-4-6-17/h2-6,14,19H,7-13,15H2,1H3/t19-,20-/m1/s1. The van der Waals surface area contributed by atoms with Gasteiger partial charge < -0.3 is 14.4 Å². The summed E-state index contributed by atoms with van der Waals surface area (Å²) >= 11 is 1.68. The summed E-state index contributed by atoms with van der Waals surface area (Å²) in [7, 11) is 0. The normalized spacial score (nSPS) is 26.7. The summed E-state index contributed by atoms with van der Waals surface area (Å²) in [6, 6.07) is 10.7. The van der Waals surface area contributed by atoms with Gasteiger partial charge in [-0.3, -0.25) is 0 Å². The summed E-state index contributed by atoms with van der Waals surface area (Å²) in [5.41, 5.74) is 2.47. The van der Waals surface area contributed by atoms with E-state index in [-0.39, 0.29) is 11.7 Å². The third-order valence-corrected chi connectivity index (χ3v) is 6.09. The predicted octanol–water partition coefficient (Wildman–Crippen LogP) is 3.44. The molecule has 0 N–H and O–H groups in total. The number of aryl methyl sites for hydroxylation is 1. The molecule has 2 aromatic rings. The van der Waals surface area contributed by atoms with Crippen LogP contribution in [0.2, 0.25) is 0 Å². The highest BCUT2D eigenvalue weighted by molar-refractivity contribution is 7.09. The SMILES string of the molecule is Cc1nc(CO[C@H]2CO[C@]3(CCN(CCc4ccccc4)C3)C2)cs1. The zero-order valence-corrected chi connectivity index (χ0v) is 15.6. The molecular weight excluding hydrogens is 332 g/mol. The number of rotatable bonds is 6. The molecule has 2 atom stereocenters. The number of hydrogen-bond donors (Lipinski definition) is 0. The Balaban J connectivity index is 1.23. The Kier molecular flexibility index (Phi) is 5.17. The van der Waals surface area contributed by atoms with Crippen molar-refractivity contribution in [1.29, 1.82) is 0 Å². The second-order valence-corrected chi connectivity index (χ2v) is 8.31. The van der Waals surface area contributed by atoms with Crippen molar-refractivity contribution >= 4 is 11.3 Å². The summed E-state index contributed by atoms with van der Waals surface area (Å²) in [6.07, 6.45) is 3.45. The average Bonchev–Trinajstić information content (AvgIpc) is 3.34. The molecule has 134 valence electrons. The van der Waals surface area contributed by atoms with Crippen molar-refractivity contribution in [3.63, 3.8) is 0 Å². The third kappa shape index (κ3) is 4.29. The second kappa shape index (κ2) is 7.54. The highest BCUT2D eigenvalue weighted by Gasteiger charge is 2.45. The lowest BCUT2D eigenvalue weighted by molar-refractivity contribution is -0.000345. The van der Waals surface area contributed by atoms with Gasteiger partial charge in [0.05, 0.1) is 35.6 Å². The molecule has 0 amide bonds. The van der Waals surface area contributed by atoms with Crippen LogP contribution in [0.4, 0.5) is 0 Å². The number of thiazole rings is 1. The van der Waals surface area contributed by atoms with Gasteiger partial charge in [0.1, 0.15) is 0 Å². The Morgan fingerprint density at radius 3 is 3.04 bits per heavy atom. The number of benzene rings is 1. The number of ether oxygens (including phenoxy) is 2. The van der Waals surface area contributed by atoms with E-state index in [4.69, 9.17) is 9.47 Å². The first-order chi connectivity index (χ1) is 12.2. The Morgan fingerprint density at radius 2 is 2.24 bits per heavy atom. The molecule has 4 nitrogen and oxygen atoms in total. The molecule has 25 heavy (non-hydrogen) atoms. The summed E-state index contributed by atoms with van der Waals surface area (Å²) < 4.78 is 12.3. The molecule has 0 bridgehead atoms. The van der Waals surface area contributed by atoms with E-state index < -0.39 is 0 Å². The molecule has 0 unspecified atom stereocenters. The fourth-order valence-corrected chi connectivity index (χ4v) is 4.52. The van der Waals surface area contributed by atoms with Gasteiger partial charge in [-0.15, -0.1) is 11.3 Å². The molecule has 2 aliphatic heterocycles. The van der Waals surface area contributed by atoms with Gasteiger partial charge in [-0.05, 0) is 25.3 Å². The minimum Gasteiger partial charge on any atom is -0.371 e. The Morgan fingerprint density at radius 1 is 1.36 bits per heavy atom. The molecule has 0 aliphatic carbocycles. The minimum absolute atomic E-state index is 0.0132. The van der Waals surface area contributed by atoms with E-state index in [2.05, 4.69) is 45.6 Å². The summed E-state index contributed by atoms with van der Waals surface area (Å²) in [5, 5.41) is 3.18. The van der Waals surface area contributed by atoms with Gasteiger partial charge in [-0.1, -0.05) is 30.3 Å². The maximum Gasteiger partial charge on any atom is 0.0901 e. The number of hydrogen-bond acceptors (Lipinski definition) is 5.